The molecule has 0 spiro atoms. The molecule has 0 aliphatic carbocycles. The number of benzene rings is 2. The summed E-state index contributed by atoms with van der Waals surface area (Å²) < 4.78 is 11.3. The van der Waals surface area contributed by atoms with E-state index in [9.17, 15) is 4.79 Å². The molecule has 0 atom stereocenters. The summed E-state index contributed by atoms with van der Waals surface area (Å²) in [6, 6.07) is 15.1. The molecule has 7 heteroatoms. The minimum atomic E-state index is -0.585. The van der Waals surface area contributed by atoms with Crippen LogP contribution in [0.2, 0.25) is 0 Å². The minimum absolute atomic E-state index is 0.281. The average Bonchev–Trinajstić information content (AvgIpc) is 3.03. The van der Waals surface area contributed by atoms with Crippen LogP contribution in [0.1, 0.15) is 5.56 Å². The molecule has 0 fully saturated rings. The molecule has 1 heterocycles. The fraction of sp³-hybridized carbons (Fsp3) is 0.118. The molecule has 3 aromatic rings. The van der Waals surface area contributed by atoms with Crippen LogP contribution in [0, 0.1) is 0 Å². The van der Waals surface area contributed by atoms with Gasteiger partial charge in [-0.1, -0.05) is 46.8 Å². The number of nitrogens with zero attached hydrogens (tertiary/aromatic N) is 2. The first-order valence-electron chi connectivity index (χ1n) is 7.11. The van der Waals surface area contributed by atoms with E-state index in [1.165, 1.54) is 18.4 Å². The maximum Gasteiger partial charge on any atom is 0.352 e. The Labute approximate surface area is 142 Å². The second-order valence-electron chi connectivity index (χ2n) is 4.69. The van der Waals surface area contributed by atoms with E-state index >= 15 is 0 Å². The molecule has 0 saturated carbocycles. The molecule has 0 amide bonds. The van der Waals surface area contributed by atoms with Gasteiger partial charge >= 0.3 is 5.97 Å². The SMILES string of the molecule is COC(=O)C=NOc1ccccc1COc1nc2ccccc2s1. The molecule has 0 aliphatic heterocycles. The van der Waals surface area contributed by atoms with Crippen LogP contribution in [0.5, 0.6) is 10.9 Å². The van der Waals surface area contributed by atoms with E-state index in [2.05, 4.69) is 14.9 Å². The molecule has 0 bridgehead atoms. The molecule has 2 aromatic carbocycles. The predicted octanol–water partition coefficient (Wildman–Crippen LogP) is 3.41. The van der Waals surface area contributed by atoms with E-state index < -0.39 is 5.97 Å². The Morgan fingerprint density at radius 2 is 2.00 bits per heavy atom. The van der Waals surface area contributed by atoms with Gasteiger partial charge in [-0.25, -0.2) is 9.78 Å². The van der Waals surface area contributed by atoms with Gasteiger partial charge in [-0.05, 0) is 18.2 Å². The molecule has 0 unspecified atom stereocenters. The van der Waals surface area contributed by atoms with E-state index in [0.29, 0.717) is 10.9 Å². The van der Waals surface area contributed by atoms with Crippen molar-refractivity contribution in [1.29, 1.82) is 0 Å². The van der Waals surface area contributed by atoms with Crippen LogP contribution >= 0.6 is 11.3 Å². The lowest BCUT2D eigenvalue weighted by Crippen LogP contribution is -2.03. The van der Waals surface area contributed by atoms with Gasteiger partial charge in [-0.3, -0.25) is 0 Å². The summed E-state index contributed by atoms with van der Waals surface area (Å²) in [6.45, 7) is 0.281. The van der Waals surface area contributed by atoms with Crippen molar-refractivity contribution in [3.8, 4) is 10.9 Å². The number of hydrogen-bond acceptors (Lipinski definition) is 7. The second-order valence-corrected chi connectivity index (χ2v) is 5.69. The largest absolute Gasteiger partial charge is 0.465 e. The zero-order chi connectivity index (χ0) is 16.8. The zero-order valence-corrected chi connectivity index (χ0v) is 13.7. The molecule has 122 valence electrons. The molecular weight excluding hydrogens is 328 g/mol. The van der Waals surface area contributed by atoms with E-state index in [1.54, 1.807) is 6.07 Å². The Kier molecular flexibility index (Phi) is 5.02. The van der Waals surface area contributed by atoms with Gasteiger partial charge in [0.15, 0.2) is 12.0 Å². The molecule has 0 saturated heterocycles. The van der Waals surface area contributed by atoms with Crippen LogP contribution in [0.25, 0.3) is 10.2 Å². The van der Waals surface area contributed by atoms with Crippen molar-refractivity contribution in [1.82, 2.24) is 4.98 Å². The number of methoxy groups -OCH3 is 1. The fourth-order valence-corrected chi connectivity index (χ4v) is 2.76. The Morgan fingerprint density at radius 1 is 1.21 bits per heavy atom. The summed E-state index contributed by atoms with van der Waals surface area (Å²) in [6.07, 6.45) is 0.963. The molecule has 24 heavy (non-hydrogen) atoms. The lowest BCUT2D eigenvalue weighted by molar-refractivity contribution is -0.132. The van der Waals surface area contributed by atoms with Crippen molar-refractivity contribution in [3.05, 3.63) is 54.1 Å². The summed E-state index contributed by atoms with van der Waals surface area (Å²) >= 11 is 1.48. The average molecular weight is 342 g/mol. The number of thiazole rings is 1. The van der Waals surface area contributed by atoms with E-state index in [4.69, 9.17) is 9.57 Å². The number of ether oxygens (including phenoxy) is 2. The first-order valence-corrected chi connectivity index (χ1v) is 7.92. The Bertz CT molecular complexity index is 843. The summed E-state index contributed by atoms with van der Waals surface area (Å²) in [4.78, 5) is 20.6. The summed E-state index contributed by atoms with van der Waals surface area (Å²) in [5.74, 6) is -0.0861. The van der Waals surface area contributed by atoms with Crippen LogP contribution in [-0.4, -0.2) is 24.3 Å². The monoisotopic (exact) mass is 342 g/mol. The Hall–Kier alpha value is -2.93. The van der Waals surface area contributed by atoms with E-state index in [0.717, 1.165) is 22.0 Å². The van der Waals surface area contributed by atoms with Gasteiger partial charge in [0, 0.05) is 5.56 Å². The number of para-hydroxylation sites is 2. The number of hydrogen-bond donors (Lipinski definition) is 0. The van der Waals surface area contributed by atoms with Gasteiger partial charge in [0.1, 0.15) is 6.61 Å². The highest BCUT2D eigenvalue weighted by atomic mass is 32.1. The Morgan fingerprint density at radius 3 is 2.83 bits per heavy atom. The van der Waals surface area contributed by atoms with Gasteiger partial charge in [0.25, 0.3) is 5.19 Å². The van der Waals surface area contributed by atoms with Gasteiger partial charge in [-0.2, -0.15) is 0 Å². The molecule has 3 rings (SSSR count). The lowest BCUT2D eigenvalue weighted by Gasteiger charge is -2.07. The highest BCUT2D eigenvalue weighted by Crippen LogP contribution is 2.28. The molecule has 0 radical (unpaired) electrons. The van der Waals surface area contributed by atoms with Crippen molar-refractivity contribution in [3.63, 3.8) is 0 Å². The number of carbonyl (C=O) groups excluding carboxylic acids is 1. The van der Waals surface area contributed by atoms with Crippen molar-refractivity contribution in [2.24, 2.45) is 5.16 Å². The maximum atomic E-state index is 11.0. The number of carbonyl (C=O) groups is 1. The molecule has 0 aliphatic rings. The fourth-order valence-electron chi connectivity index (χ4n) is 1.94. The van der Waals surface area contributed by atoms with Gasteiger partial charge < -0.3 is 14.3 Å². The highest BCUT2D eigenvalue weighted by molar-refractivity contribution is 7.20. The van der Waals surface area contributed by atoms with E-state index in [-0.39, 0.29) is 6.61 Å². The lowest BCUT2D eigenvalue weighted by atomic mass is 10.2. The number of fused-ring (bicyclic) bond motifs is 1. The maximum absolute atomic E-state index is 11.0. The normalized spacial score (nSPS) is 10.9. The smallest absolute Gasteiger partial charge is 0.352 e. The van der Waals surface area contributed by atoms with Crippen LogP contribution < -0.4 is 9.57 Å². The second kappa shape index (κ2) is 7.56. The zero-order valence-electron chi connectivity index (χ0n) is 12.8. The first kappa shape index (κ1) is 15.9. The number of rotatable bonds is 6. The summed E-state index contributed by atoms with van der Waals surface area (Å²) in [7, 11) is 1.27. The van der Waals surface area contributed by atoms with Crippen LogP contribution in [0.3, 0.4) is 0 Å². The first-order chi connectivity index (χ1) is 11.8. The Balaban J connectivity index is 1.68. The van der Waals surface area contributed by atoms with Gasteiger partial charge in [0.2, 0.25) is 0 Å². The van der Waals surface area contributed by atoms with Crippen LogP contribution in [-0.2, 0) is 16.1 Å². The van der Waals surface area contributed by atoms with Gasteiger partial charge in [0.05, 0.1) is 17.3 Å². The van der Waals surface area contributed by atoms with Crippen molar-refractivity contribution in [2.75, 3.05) is 7.11 Å². The summed E-state index contributed by atoms with van der Waals surface area (Å²) in [5.41, 5.74) is 1.70. The third-order valence-electron chi connectivity index (χ3n) is 3.11. The standard InChI is InChI=1S/C17H14N2O4S/c1-21-16(20)10-18-23-14-8-4-2-6-12(14)11-22-17-19-13-7-3-5-9-15(13)24-17/h2-10H,11H2,1H3. The molecular formula is C17H14N2O4S. The molecule has 6 nitrogen and oxygen atoms in total. The molecule has 1 aromatic heterocycles. The number of oxime groups is 1. The van der Waals surface area contributed by atoms with Crippen molar-refractivity contribution >= 4 is 33.7 Å². The highest BCUT2D eigenvalue weighted by Gasteiger charge is 2.08. The van der Waals surface area contributed by atoms with Crippen LogP contribution in [0.15, 0.2) is 53.7 Å². The third-order valence-corrected chi connectivity index (χ3v) is 4.06. The van der Waals surface area contributed by atoms with Gasteiger partial charge in [-0.15, -0.1) is 0 Å². The molecule has 0 N–H and O–H groups in total. The number of aromatic nitrogens is 1. The quantitative estimate of drug-likeness (QED) is 0.390. The summed E-state index contributed by atoms with van der Waals surface area (Å²) in [5, 5.41) is 4.18. The third kappa shape index (κ3) is 3.88. The number of esters is 1. The van der Waals surface area contributed by atoms with Crippen molar-refractivity contribution < 1.29 is 19.1 Å². The topological polar surface area (TPSA) is 70.0 Å². The predicted molar refractivity (Wildman–Crippen MR) is 91.5 cm³/mol. The van der Waals surface area contributed by atoms with Crippen molar-refractivity contribution in [2.45, 2.75) is 6.61 Å². The van der Waals surface area contributed by atoms with Crippen LogP contribution in [0.4, 0.5) is 0 Å². The minimum Gasteiger partial charge on any atom is -0.465 e. The van der Waals surface area contributed by atoms with E-state index in [1.807, 2.05) is 42.5 Å².